The molecule has 0 saturated carbocycles. The third kappa shape index (κ3) is 3.73. The summed E-state index contributed by atoms with van der Waals surface area (Å²) in [7, 11) is 0. The van der Waals surface area contributed by atoms with Crippen molar-refractivity contribution in [1.82, 2.24) is 0 Å². The summed E-state index contributed by atoms with van der Waals surface area (Å²) in [4.78, 5) is 0. The summed E-state index contributed by atoms with van der Waals surface area (Å²) >= 11 is 0. The summed E-state index contributed by atoms with van der Waals surface area (Å²) in [5.41, 5.74) is 7.79. The molecule has 17 heavy (non-hydrogen) atoms. The van der Waals surface area contributed by atoms with Crippen molar-refractivity contribution in [3.8, 4) is 0 Å². The van der Waals surface area contributed by atoms with E-state index in [1.165, 1.54) is 5.56 Å². The van der Waals surface area contributed by atoms with Crippen molar-refractivity contribution >= 4 is 0 Å². The molecule has 3 nitrogen and oxygen atoms in total. The standard InChI is InChI=1S/C14H17NO2/c15-9-13-8-14(17-10-13)11-16-7-6-12-4-2-1-3-5-12/h1-5,8,10H,6-7,9,11,15H2. The van der Waals surface area contributed by atoms with E-state index in [-0.39, 0.29) is 0 Å². The predicted molar refractivity (Wildman–Crippen MR) is 66.4 cm³/mol. The lowest BCUT2D eigenvalue weighted by molar-refractivity contribution is 0.109. The van der Waals surface area contributed by atoms with Crippen LogP contribution in [0.1, 0.15) is 16.9 Å². The summed E-state index contributed by atoms with van der Waals surface area (Å²) in [5, 5.41) is 0. The zero-order valence-corrected chi connectivity index (χ0v) is 9.76. The van der Waals surface area contributed by atoms with Gasteiger partial charge in [0.15, 0.2) is 0 Å². The van der Waals surface area contributed by atoms with Crippen molar-refractivity contribution in [3.63, 3.8) is 0 Å². The van der Waals surface area contributed by atoms with Crippen molar-refractivity contribution in [3.05, 3.63) is 59.5 Å². The zero-order valence-electron chi connectivity index (χ0n) is 9.76. The van der Waals surface area contributed by atoms with Crippen LogP contribution in [-0.2, 0) is 24.3 Å². The Labute approximate surface area is 101 Å². The molecule has 0 aliphatic carbocycles. The topological polar surface area (TPSA) is 48.4 Å². The quantitative estimate of drug-likeness (QED) is 0.777. The Balaban J connectivity index is 1.69. The minimum Gasteiger partial charge on any atom is -0.467 e. The molecule has 0 bridgehead atoms. The molecule has 2 N–H and O–H groups in total. The largest absolute Gasteiger partial charge is 0.467 e. The fourth-order valence-corrected chi connectivity index (χ4v) is 1.62. The van der Waals surface area contributed by atoms with E-state index in [0.717, 1.165) is 17.7 Å². The monoisotopic (exact) mass is 231 g/mol. The molecule has 0 radical (unpaired) electrons. The molecular weight excluding hydrogens is 214 g/mol. The van der Waals surface area contributed by atoms with Crippen LogP contribution in [0.4, 0.5) is 0 Å². The Bertz CT molecular complexity index is 436. The number of nitrogens with two attached hydrogens (primary N) is 1. The summed E-state index contributed by atoms with van der Waals surface area (Å²) in [6.07, 6.45) is 2.60. The van der Waals surface area contributed by atoms with Gasteiger partial charge in [0, 0.05) is 12.1 Å². The predicted octanol–water partition coefficient (Wildman–Crippen LogP) is 2.50. The first-order valence-electron chi connectivity index (χ1n) is 5.76. The van der Waals surface area contributed by atoms with E-state index in [9.17, 15) is 0 Å². The minimum atomic E-state index is 0.507. The van der Waals surface area contributed by atoms with Crippen LogP contribution < -0.4 is 5.73 Å². The van der Waals surface area contributed by atoms with Gasteiger partial charge < -0.3 is 14.9 Å². The van der Waals surface area contributed by atoms with Crippen molar-refractivity contribution in [1.29, 1.82) is 0 Å². The molecule has 1 aromatic carbocycles. The normalized spacial score (nSPS) is 10.6. The van der Waals surface area contributed by atoms with Crippen LogP contribution >= 0.6 is 0 Å². The van der Waals surface area contributed by atoms with Gasteiger partial charge in [-0.1, -0.05) is 30.3 Å². The smallest absolute Gasteiger partial charge is 0.129 e. The lowest BCUT2D eigenvalue weighted by atomic mass is 10.2. The molecule has 0 atom stereocenters. The van der Waals surface area contributed by atoms with Gasteiger partial charge >= 0.3 is 0 Å². The van der Waals surface area contributed by atoms with E-state index in [0.29, 0.717) is 19.8 Å². The second-order valence-corrected chi connectivity index (χ2v) is 3.91. The highest BCUT2D eigenvalue weighted by Crippen LogP contribution is 2.08. The Kier molecular flexibility index (Phi) is 4.36. The van der Waals surface area contributed by atoms with Gasteiger partial charge in [0.05, 0.1) is 12.9 Å². The lowest BCUT2D eigenvalue weighted by Crippen LogP contribution is -1.98. The van der Waals surface area contributed by atoms with Gasteiger partial charge in [-0.15, -0.1) is 0 Å². The van der Waals surface area contributed by atoms with Crippen LogP contribution in [0.2, 0.25) is 0 Å². The Morgan fingerprint density at radius 2 is 1.94 bits per heavy atom. The summed E-state index contributed by atoms with van der Waals surface area (Å²) in [6, 6.07) is 12.2. The van der Waals surface area contributed by atoms with E-state index in [4.69, 9.17) is 14.9 Å². The van der Waals surface area contributed by atoms with Crippen molar-refractivity contribution in [2.45, 2.75) is 19.6 Å². The first-order chi connectivity index (χ1) is 8.38. The van der Waals surface area contributed by atoms with Crippen molar-refractivity contribution < 1.29 is 9.15 Å². The summed E-state index contributed by atoms with van der Waals surface area (Å²) in [5.74, 6) is 0.832. The first-order valence-corrected chi connectivity index (χ1v) is 5.76. The molecule has 2 rings (SSSR count). The van der Waals surface area contributed by atoms with Gasteiger partial charge in [-0.25, -0.2) is 0 Å². The average molecular weight is 231 g/mol. The number of ether oxygens (including phenoxy) is 1. The second-order valence-electron chi connectivity index (χ2n) is 3.91. The number of hydrogen-bond donors (Lipinski definition) is 1. The van der Waals surface area contributed by atoms with Gasteiger partial charge in [-0.2, -0.15) is 0 Å². The molecule has 0 aliphatic heterocycles. The van der Waals surface area contributed by atoms with Crippen LogP contribution in [0.3, 0.4) is 0 Å². The highest BCUT2D eigenvalue weighted by molar-refractivity contribution is 5.14. The molecule has 0 amide bonds. The lowest BCUT2D eigenvalue weighted by Gasteiger charge is -2.02. The van der Waals surface area contributed by atoms with Gasteiger partial charge in [0.25, 0.3) is 0 Å². The Hall–Kier alpha value is -1.58. The fraction of sp³-hybridized carbons (Fsp3) is 0.286. The molecule has 90 valence electrons. The highest BCUT2D eigenvalue weighted by atomic mass is 16.5. The van der Waals surface area contributed by atoms with E-state index >= 15 is 0 Å². The van der Waals surface area contributed by atoms with Crippen LogP contribution in [0.15, 0.2) is 47.1 Å². The SMILES string of the molecule is NCc1coc(COCCc2ccccc2)c1. The number of hydrogen-bond acceptors (Lipinski definition) is 3. The highest BCUT2D eigenvalue weighted by Gasteiger charge is 2.00. The maximum atomic E-state index is 5.55. The molecule has 0 spiro atoms. The Morgan fingerprint density at radius 1 is 1.12 bits per heavy atom. The molecule has 1 aromatic heterocycles. The van der Waals surface area contributed by atoms with Crippen molar-refractivity contribution in [2.75, 3.05) is 6.61 Å². The maximum Gasteiger partial charge on any atom is 0.129 e. The first kappa shape index (κ1) is 11.9. The van der Waals surface area contributed by atoms with E-state index in [2.05, 4.69) is 12.1 Å². The van der Waals surface area contributed by atoms with Gasteiger partial charge in [-0.05, 0) is 18.1 Å². The van der Waals surface area contributed by atoms with Crippen molar-refractivity contribution in [2.24, 2.45) is 5.73 Å². The molecule has 2 aromatic rings. The molecule has 1 heterocycles. The van der Waals surface area contributed by atoms with Crippen LogP contribution in [0, 0.1) is 0 Å². The minimum absolute atomic E-state index is 0.507. The number of benzene rings is 1. The van der Waals surface area contributed by atoms with Gasteiger partial charge in [0.2, 0.25) is 0 Å². The third-order valence-corrected chi connectivity index (χ3v) is 2.57. The van der Waals surface area contributed by atoms with Crippen LogP contribution in [0.5, 0.6) is 0 Å². The zero-order chi connectivity index (χ0) is 11.9. The second kappa shape index (κ2) is 6.23. The van der Waals surface area contributed by atoms with E-state index in [1.807, 2.05) is 24.3 Å². The molecule has 3 heteroatoms. The summed E-state index contributed by atoms with van der Waals surface area (Å²) < 4.78 is 10.8. The molecule has 0 unspecified atom stereocenters. The number of rotatable bonds is 6. The Morgan fingerprint density at radius 3 is 2.65 bits per heavy atom. The number of furan rings is 1. The molecule has 0 aliphatic rings. The van der Waals surface area contributed by atoms with E-state index in [1.54, 1.807) is 6.26 Å². The van der Waals surface area contributed by atoms with Crippen LogP contribution in [-0.4, -0.2) is 6.61 Å². The molecule has 0 saturated heterocycles. The molecular formula is C14H17NO2. The van der Waals surface area contributed by atoms with E-state index < -0.39 is 0 Å². The fourth-order valence-electron chi connectivity index (χ4n) is 1.62. The van der Waals surface area contributed by atoms with Gasteiger partial charge in [0.1, 0.15) is 12.4 Å². The summed E-state index contributed by atoms with van der Waals surface area (Å²) in [6.45, 7) is 1.71. The third-order valence-electron chi connectivity index (χ3n) is 2.57. The van der Waals surface area contributed by atoms with Gasteiger partial charge in [-0.3, -0.25) is 0 Å². The molecule has 0 fully saturated rings. The maximum absolute atomic E-state index is 5.55. The average Bonchev–Trinajstić information content (AvgIpc) is 2.84. The van der Waals surface area contributed by atoms with Crippen LogP contribution in [0.25, 0.3) is 0 Å².